The summed E-state index contributed by atoms with van der Waals surface area (Å²) < 4.78 is 0. The molecule has 22 heavy (non-hydrogen) atoms. The lowest BCUT2D eigenvalue weighted by Gasteiger charge is -2.22. The van der Waals surface area contributed by atoms with Gasteiger partial charge >= 0.3 is 0 Å². The van der Waals surface area contributed by atoms with Crippen molar-refractivity contribution in [1.82, 2.24) is 9.88 Å². The summed E-state index contributed by atoms with van der Waals surface area (Å²) in [6.07, 6.45) is 0. The van der Waals surface area contributed by atoms with Gasteiger partial charge in [-0.1, -0.05) is 29.8 Å². The van der Waals surface area contributed by atoms with Crippen LogP contribution in [-0.2, 0) is 0 Å². The van der Waals surface area contributed by atoms with Gasteiger partial charge in [0.05, 0.1) is 22.6 Å². The van der Waals surface area contributed by atoms with E-state index in [0.29, 0.717) is 12.4 Å². The molecule has 0 radical (unpaired) electrons. The normalized spacial score (nSPS) is 18.0. The first-order chi connectivity index (χ1) is 10.6. The molecule has 3 rings (SSSR count). The maximum absolute atomic E-state index is 12.9. The highest BCUT2D eigenvalue weighted by molar-refractivity contribution is 7.99. The molecule has 1 fully saturated rings. The molecule has 1 aliphatic heterocycles. The predicted octanol–water partition coefficient (Wildman–Crippen LogP) is 2.90. The molecular formula is C16H19N3OS2. The lowest BCUT2D eigenvalue weighted by Crippen LogP contribution is -2.41. The van der Waals surface area contributed by atoms with Gasteiger partial charge in [0.15, 0.2) is 0 Å². The van der Waals surface area contributed by atoms with Gasteiger partial charge in [0, 0.05) is 17.9 Å². The summed E-state index contributed by atoms with van der Waals surface area (Å²) in [5, 5.41) is 0.912. The first-order valence-electron chi connectivity index (χ1n) is 7.23. The number of rotatable bonds is 3. The van der Waals surface area contributed by atoms with Gasteiger partial charge in [-0.25, -0.2) is 4.98 Å². The van der Waals surface area contributed by atoms with Gasteiger partial charge in [-0.2, -0.15) is 0 Å². The molecule has 116 valence electrons. The number of carbonyl (C=O) groups is 1. The molecule has 0 aliphatic carbocycles. The Bertz CT molecular complexity index is 681. The van der Waals surface area contributed by atoms with Crippen LogP contribution in [0.2, 0.25) is 0 Å². The fourth-order valence-electron chi connectivity index (χ4n) is 2.51. The third kappa shape index (κ3) is 2.91. The van der Waals surface area contributed by atoms with E-state index in [1.54, 1.807) is 11.8 Å². The topological polar surface area (TPSA) is 59.2 Å². The first-order valence-corrected chi connectivity index (χ1v) is 9.20. The molecule has 4 nitrogen and oxygen atoms in total. The van der Waals surface area contributed by atoms with Crippen LogP contribution in [-0.4, -0.2) is 40.0 Å². The van der Waals surface area contributed by atoms with Gasteiger partial charge in [-0.15, -0.1) is 23.1 Å². The SMILES string of the molecule is Cc1ccc(-c2nc(C)sc2C(=O)N2CSC[C@H]2CN)cc1. The van der Waals surface area contributed by atoms with Crippen molar-refractivity contribution in [3.8, 4) is 11.3 Å². The van der Waals surface area contributed by atoms with E-state index in [2.05, 4.69) is 11.9 Å². The molecule has 0 saturated carbocycles. The van der Waals surface area contributed by atoms with Crippen molar-refractivity contribution in [3.05, 3.63) is 39.7 Å². The molecule has 2 heterocycles. The number of aromatic nitrogens is 1. The fourth-order valence-corrected chi connectivity index (χ4v) is 4.63. The van der Waals surface area contributed by atoms with Crippen LogP contribution in [0.25, 0.3) is 11.3 Å². The summed E-state index contributed by atoms with van der Waals surface area (Å²) in [7, 11) is 0. The van der Waals surface area contributed by atoms with Crippen molar-refractivity contribution in [2.75, 3.05) is 18.2 Å². The number of benzene rings is 1. The Balaban J connectivity index is 1.97. The summed E-state index contributed by atoms with van der Waals surface area (Å²) in [5.74, 6) is 1.69. The summed E-state index contributed by atoms with van der Waals surface area (Å²) in [5.41, 5.74) is 8.78. The molecule has 1 saturated heterocycles. The molecule has 1 atom stereocenters. The minimum Gasteiger partial charge on any atom is -0.328 e. The van der Waals surface area contributed by atoms with Crippen LogP contribution in [0.1, 0.15) is 20.2 Å². The van der Waals surface area contributed by atoms with Crippen molar-refractivity contribution in [1.29, 1.82) is 0 Å². The zero-order chi connectivity index (χ0) is 15.7. The van der Waals surface area contributed by atoms with Crippen LogP contribution in [0.4, 0.5) is 0 Å². The summed E-state index contributed by atoms with van der Waals surface area (Å²) in [6, 6.07) is 8.28. The quantitative estimate of drug-likeness (QED) is 0.938. The number of carbonyl (C=O) groups excluding carboxylic acids is 1. The Labute approximate surface area is 138 Å². The Morgan fingerprint density at radius 1 is 1.36 bits per heavy atom. The zero-order valence-electron chi connectivity index (χ0n) is 12.7. The Morgan fingerprint density at radius 3 is 2.77 bits per heavy atom. The van der Waals surface area contributed by atoms with Crippen LogP contribution in [0.15, 0.2) is 24.3 Å². The maximum Gasteiger partial charge on any atom is 0.267 e. The zero-order valence-corrected chi connectivity index (χ0v) is 14.3. The van der Waals surface area contributed by atoms with E-state index >= 15 is 0 Å². The summed E-state index contributed by atoms with van der Waals surface area (Å²) in [6.45, 7) is 4.50. The molecule has 1 aromatic carbocycles. The molecular weight excluding hydrogens is 314 g/mol. The van der Waals surface area contributed by atoms with Crippen molar-refractivity contribution in [2.45, 2.75) is 19.9 Å². The average Bonchev–Trinajstić information content (AvgIpc) is 3.13. The number of aryl methyl sites for hydroxylation is 2. The van der Waals surface area contributed by atoms with Gasteiger partial charge < -0.3 is 10.6 Å². The second kappa shape index (κ2) is 6.40. The number of nitrogens with two attached hydrogens (primary N) is 1. The van der Waals surface area contributed by atoms with Crippen LogP contribution in [0.5, 0.6) is 0 Å². The molecule has 1 aliphatic rings. The fraction of sp³-hybridized carbons (Fsp3) is 0.375. The van der Waals surface area contributed by atoms with Gasteiger partial charge in [0.25, 0.3) is 5.91 Å². The molecule has 0 unspecified atom stereocenters. The number of thiazole rings is 1. The Morgan fingerprint density at radius 2 is 2.09 bits per heavy atom. The van der Waals surface area contributed by atoms with Crippen LogP contribution >= 0.6 is 23.1 Å². The first kappa shape index (κ1) is 15.5. The monoisotopic (exact) mass is 333 g/mol. The second-order valence-electron chi connectivity index (χ2n) is 5.44. The third-order valence-corrected chi connectivity index (χ3v) is 5.81. The number of nitrogens with zero attached hydrogens (tertiary/aromatic N) is 2. The van der Waals surface area contributed by atoms with Crippen molar-refractivity contribution >= 4 is 29.0 Å². The second-order valence-corrected chi connectivity index (χ2v) is 7.64. The molecule has 6 heteroatoms. The van der Waals surface area contributed by atoms with E-state index in [9.17, 15) is 4.79 Å². The highest BCUT2D eigenvalue weighted by atomic mass is 32.2. The largest absolute Gasteiger partial charge is 0.328 e. The smallest absolute Gasteiger partial charge is 0.267 e. The highest BCUT2D eigenvalue weighted by Gasteiger charge is 2.31. The van der Waals surface area contributed by atoms with E-state index in [1.165, 1.54) is 16.9 Å². The van der Waals surface area contributed by atoms with Crippen molar-refractivity contribution < 1.29 is 4.79 Å². The summed E-state index contributed by atoms with van der Waals surface area (Å²) >= 11 is 3.23. The molecule has 0 bridgehead atoms. The minimum atomic E-state index is 0.0571. The molecule has 1 aromatic heterocycles. The summed E-state index contributed by atoms with van der Waals surface area (Å²) in [4.78, 5) is 20.1. The van der Waals surface area contributed by atoms with Crippen LogP contribution in [0.3, 0.4) is 0 Å². The van der Waals surface area contributed by atoms with E-state index in [-0.39, 0.29) is 11.9 Å². The minimum absolute atomic E-state index is 0.0571. The molecule has 1 amide bonds. The highest BCUT2D eigenvalue weighted by Crippen LogP contribution is 2.32. The predicted molar refractivity (Wildman–Crippen MR) is 93.4 cm³/mol. The third-order valence-electron chi connectivity index (χ3n) is 3.77. The van der Waals surface area contributed by atoms with Gasteiger partial charge in [0.1, 0.15) is 4.88 Å². The van der Waals surface area contributed by atoms with Crippen LogP contribution < -0.4 is 5.73 Å². The Kier molecular flexibility index (Phi) is 4.52. The molecule has 2 N–H and O–H groups in total. The number of amides is 1. The van der Waals surface area contributed by atoms with Gasteiger partial charge in [0.2, 0.25) is 0 Å². The standard InChI is InChI=1S/C16H19N3OS2/c1-10-3-5-12(6-4-10)14-15(22-11(2)18-14)16(20)19-9-21-8-13(19)7-17/h3-6,13H,7-9,17H2,1-2H3/t13-/m1/s1. The van der Waals surface area contributed by atoms with E-state index in [4.69, 9.17) is 5.73 Å². The van der Waals surface area contributed by atoms with Crippen molar-refractivity contribution in [2.24, 2.45) is 5.73 Å². The number of hydrogen-bond acceptors (Lipinski definition) is 5. The van der Waals surface area contributed by atoms with Gasteiger partial charge in [-0.3, -0.25) is 4.79 Å². The lowest BCUT2D eigenvalue weighted by molar-refractivity contribution is 0.0757. The lowest BCUT2D eigenvalue weighted by atomic mass is 10.1. The maximum atomic E-state index is 12.9. The number of hydrogen-bond donors (Lipinski definition) is 1. The Hall–Kier alpha value is -1.37. The average molecular weight is 333 g/mol. The van der Waals surface area contributed by atoms with E-state index in [0.717, 1.165) is 26.9 Å². The van der Waals surface area contributed by atoms with Crippen LogP contribution in [0, 0.1) is 13.8 Å². The molecule has 0 spiro atoms. The van der Waals surface area contributed by atoms with E-state index in [1.807, 2.05) is 36.1 Å². The van der Waals surface area contributed by atoms with Crippen molar-refractivity contribution in [3.63, 3.8) is 0 Å². The van der Waals surface area contributed by atoms with E-state index < -0.39 is 0 Å². The molecule has 2 aromatic rings. The van der Waals surface area contributed by atoms with Gasteiger partial charge in [-0.05, 0) is 13.8 Å². The number of thioether (sulfide) groups is 1.